The van der Waals surface area contributed by atoms with Crippen LogP contribution < -0.4 is 16.4 Å². The molecule has 0 spiro atoms. The molecule has 32 heavy (non-hydrogen) atoms. The van der Waals surface area contributed by atoms with Gasteiger partial charge < -0.3 is 16.4 Å². The summed E-state index contributed by atoms with van der Waals surface area (Å²) in [4.78, 5) is 26.2. The highest BCUT2D eigenvalue weighted by Crippen LogP contribution is 2.34. The number of nitrogen functional groups attached to an aromatic ring is 1. The number of nitrogens with one attached hydrogen (secondary N) is 2. The molecule has 162 valence electrons. The van der Waals surface area contributed by atoms with Crippen molar-refractivity contribution >= 4 is 23.1 Å². The summed E-state index contributed by atoms with van der Waals surface area (Å²) in [5.41, 5.74) is 10.3. The standard InChI is InChI=1S/C24H25N7O/c1-15-14-16(24(32)29-19-7-3-5-11-27-19)8-9-17(15)20-21-22(25)28-12-13-31(21)23(30-20)18-6-2-4-10-26-18/h3,5,7-9,11-14,18,26H,2,4,6,10H2,1H3,(H2,25,28)(H,27,29,32)/t18-/m0/s1. The van der Waals surface area contributed by atoms with Crippen LogP contribution in [0.1, 0.15) is 47.1 Å². The average Bonchev–Trinajstić information content (AvgIpc) is 3.21. The third kappa shape index (κ3) is 3.69. The number of hydrogen-bond acceptors (Lipinski definition) is 6. The highest BCUT2D eigenvalue weighted by atomic mass is 16.1. The maximum Gasteiger partial charge on any atom is 0.256 e. The Morgan fingerprint density at radius 3 is 2.84 bits per heavy atom. The molecule has 1 amide bonds. The maximum absolute atomic E-state index is 12.7. The molecule has 4 aromatic rings. The van der Waals surface area contributed by atoms with Crippen LogP contribution in [0.2, 0.25) is 0 Å². The molecule has 3 aromatic heterocycles. The summed E-state index contributed by atoms with van der Waals surface area (Å²) in [6, 6.07) is 11.2. The van der Waals surface area contributed by atoms with Gasteiger partial charge in [-0.3, -0.25) is 9.20 Å². The van der Waals surface area contributed by atoms with Gasteiger partial charge in [0.1, 0.15) is 28.7 Å². The lowest BCUT2D eigenvalue weighted by atomic mass is 10.0. The first-order valence-corrected chi connectivity index (χ1v) is 10.8. The first kappa shape index (κ1) is 20.1. The van der Waals surface area contributed by atoms with E-state index in [9.17, 15) is 4.79 Å². The number of carbonyl (C=O) groups is 1. The van der Waals surface area contributed by atoms with Crippen molar-refractivity contribution in [1.82, 2.24) is 24.7 Å². The van der Waals surface area contributed by atoms with Crippen LogP contribution >= 0.6 is 0 Å². The summed E-state index contributed by atoms with van der Waals surface area (Å²) >= 11 is 0. The van der Waals surface area contributed by atoms with Gasteiger partial charge >= 0.3 is 0 Å². The van der Waals surface area contributed by atoms with Crippen molar-refractivity contribution in [2.24, 2.45) is 0 Å². The van der Waals surface area contributed by atoms with E-state index in [0.29, 0.717) is 17.2 Å². The van der Waals surface area contributed by atoms with Crippen LogP contribution in [-0.4, -0.2) is 31.8 Å². The van der Waals surface area contributed by atoms with E-state index in [-0.39, 0.29) is 11.9 Å². The molecule has 0 unspecified atom stereocenters. The molecule has 4 N–H and O–H groups in total. The van der Waals surface area contributed by atoms with Gasteiger partial charge in [-0.15, -0.1) is 0 Å². The van der Waals surface area contributed by atoms with Crippen LogP contribution in [0.3, 0.4) is 0 Å². The molecule has 8 heteroatoms. The molecule has 0 saturated carbocycles. The number of aryl methyl sites for hydroxylation is 1. The van der Waals surface area contributed by atoms with Crippen molar-refractivity contribution in [2.75, 3.05) is 17.6 Å². The predicted molar refractivity (Wildman–Crippen MR) is 124 cm³/mol. The molecule has 1 aromatic carbocycles. The number of pyridine rings is 1. The highest BCUT2D eigenvalue weighted by molar-refractivity contribution is 6.04. The highest BCUT2D eigenvalue weighted by Gasteiger charge is 2.24. The van der Waals surface area contributed by atoms with Gasteiger partial charge in [0.2, 0.25) is 0 Å². The van der Waals surface area contributed by atoms with Crippen LogP contribution in [0.15, 0.2) is 55.0 Å². The zero-order valence-corrected chi connectivity index (χ0v) is 17.9. The van der Waals surface area contributed by atoms with Crippen molar-refractivity contribution in [1.29, 1.82) is 0 Å². The van der Waals surface area contributed by atoms with E-state index in [4.69, 9.17) is 10.7 Å². The Kier molecular flexibility index (Phi) is 5.28. The van der Waals surface area contributed by atoms with Crippen molar-refractivity contribution in [2.45, 2.75) is 32.2 Å². The number of fused-ring (bicyclic) bond motifs is 1. The minimum atomic E-state index is -0.207. The molecule has 1 saturated heterocycles. The Bertz CT molecular complexity index is 1280. The topological polar surface area (TPSA) is 110 Å². The zero-order chi connectivity index (χ0) is 22.1. The van der Waals surface area contributed by atoms with E-state index in [1.807, 2.05) is 35.7 Å². The number of carbonyl (C=O) groups excluding carboxylic acids is 1. The van der Waals surface area contributed by atoms with E-state index in [2.05, 4.69) is 20.6 Å². The van der Waals surface area contributed by atoms with Gasteiger partial charge in [-0.25, -0.2) is 15.0 Å². The summed E-state index contributed by atoms with van der Waals surface area (Å²) in [6.07, 6.45) is 8.65. The van der Waals surface area contributed by atoms with Gasteiger partial charge in [0.25, 0.3) is 5.91 Å². The van der Waals surface area contributed by atoms with Gasteiger partial charge in [0.15, 0.2) is 0 Å². The monoisotopic (exact) mass is 427 g/mol. The third-order valence-electron chi connectivity index (χ3n) is 5.88. The van der Waals surface area contributed by atoms with E-state index < -0.39 is 0 Å². The Labute approximate surface area is 185 Å². The first-order valence-electron chi connectivity index (χ1n) is 10.8. The molecule has 1 atom stereocenters. The minimum Gasteiger partial charge on any atom is -0.382 e. The quantitative estimate of drug-likeness (QED) is 0.458. The lowest BCUT2D eigenvalue weighted by molar-refractivity contribution is 0.102. The zero-order valence-electron chi connectivity index (χ0n) is 17.9. The number of nitrogens with zero attached hydrogens (tertiary/aromatic N) is 4. The van der Waals surface area contributed by atoms with Crippen LogP contribution in [0.25, 0.3) is 16.8 Å². The second-order valence-corrected chi connectivity index (χ2v) is 8.05. The van der Waals surface area contributed by atoms with Gasteiger partial charge in [-0.2, -0.15) is 0 Å². The fraction of sp³-hybridized carbons (Fsp3) is 0.250. The lowest BCUT2D eigenvalue weighted by Gasteiger charge is -2.22. The number of anilines is 2. The largest absolute Gasteiger partial charge is 0.382 e. The number of hydrogen-bond donors (Lipinski definition) is 3. The molecule has 0 radical (unpaired) electrons. The summed E-state index contributed by atoms with van der Waals surface area (Å²) in [5.74, 6) is 1.69. The number of piperidine rings is 1. The first-order chi connectivity index (χ1) is 15.6. The molecule has 0 bridgehead atoms. The second kappa shape index (κ2) is 8.39. The van der Waals surface area contributed by atoms with Crippen molar-refractivity contribution in [3.05, 3.63) is 71.9 Å². The van der Waals surface area contributed by atoms with Crippen molar-refractivity contribution < 1.29 is 4.79 Å². The number of amides is 1. The van der Waals surface area contributed by atoms with Gasteiger partial charge in [0, 0.05) is 29.7 Å². The fourth-order valence-corrected chi connectivity index (χ4v) is 4.29. The number of benzene rings is 1. The summed E-state index contributed by atoms with van der Waals surface area (Å²) < 4.78 is 2.04. The van der Waals surface area contributed by atoms with E-state index in [1.54, 1.807) is 30.6 Å². The molecule has 5 rings (SSSR count). The van der Waals surface area contributed by atoms with Crippen LogP contribution in [0.5, 0.6) is 0 Å². The predicted octanol–water partition coefficient (Wildman–Crippen LogP) is 3.75. The minimum absolute atomic E-state index is 0.176. The number of aromatic nitrogens is 4. The van der Waals surface area contributed by atoms with E-state index in [0.717, 1.165) is 41.1 Å². The van der Waals surface area contributed by atoms with Crippen molar-refractivity contribution in [3.8, 4) is 11.3 Å². The maximum atomic E-state index is 12.7. The van der Waals surface area contributed by atoms with Crippen LogP contribution in [0, 0.1) is 6.92 Å². The summed E-state index contributed by atoms with van der Waals surface area (Å²) in [6.45, 7) is 2.96. The normalized spacial score (nSPS) is 16.2. The fourth-order valence-electron chi connectivity index (χ4n) is 4.29. The smallest absolute Gasteiger partial charge is 0.256 e. The van der Waals surface area contributed by atoms with Gasteiger partial charge in [0.05, 0.1) is 6.04 Å². The Morgan fingerprint density at radius 2 is 2.09 bits per heavy atom. The number of imidazole rings is 1. The molecule has 1 aliphatic rings. The van der Waals surface area contributed by atoms with Crippen molar-refractivity contribution in [3.63, 3.8) is 0 Å². The Morgan fingerprint density at radius 1 is 1.19 bits per heavy atom. The lowest BCUT2D eigenvalue weighted by Crippen LogP contribution is -2.28. The van der Waals surface area contributed by atoms with E-state index in [1.165, 1.54) is 12.8 Å². The molecule has 4 heterocycles. The molecule has 0 aliphatic carbocycles. The Hall–Kier alpha value is -3.78. The summed E-state index contributed by atoms with van der Waals surface area (Å²) in [7, 11) is 0. The van der Waals surface area contributed by atoms with Gasteiger partial charge in [-0.1, -0.05) is 18.6 Å². The molecule has 1 aliphatic heterocycles. The van der Waals surface area contributed by atoms with E-state index >= 15 is 0 Å². The van der Waals surface area contributed by atoms with Gasteiger partial charge in [-0.05, 0) is 56.1 Å². The second-order valence-electron chi connectivity index (χ2n) is 8.05. The molecule has 8 nitrogen and oxygen atoms in total. The number of rotatable bonds is 4. The molecule has 1 fully saturated rings. The summed E-state index contributed by atoms with van der Waals surface area (Å²) in [5, 5.41) is 6.39. The molecular formula is C24H25N7O. The van der Waals surface area contributed by atoms with Crippen LogP contribution in [-0.2, 0) is 0 Å². The molecular weight excluding hydrogens is 402 g/mol. The third-order valence-corrected chi connectivity index (χ3v) is 5.88. The Balaban J connectivity index is 1.53. The SMILES string of the molecule is Cc1cc(C(=O)Nc2ccccn2)ccc1-c1nc([C@@H]2CCCCN2)n2ccnc(N)c12. The average molecular weight is 428 g/mol. The van der Waals surface area contributed by atoms with Crippen LogP contribution in [0.4, 0.5) is 11.6 Å². The number of nitrogens with two attached hydrogens (primary N) is 1.